The number of aromatic carboxylic acids is 1. The fourth-order valence-corrected chi connectivity index (χ4v) is 2.06. The standard InChI is InChI=1S/C14H13F2NO3/c1-2-3-4-17-12(14(19)20)6-8-5-10(15)11(16)7-9(8)13(17)18/h5-7H,2-4H2,1H3,(H,19,20). The number of halogens is 2. The third-order valence-electron chi connectivity index (χ3n) is 3.11. The number of carbonyl (C=O) groups is 1. The van der Waals surface area contributed by atoms with Gasteiger partial charge in [-0.1, -0.05) is 13.3 Å². The second-order valence-electron chi connectivity index (χ2n) is 4.50. The predicted octanol–water partition coefficient (Wildman–Crippen LogP) is 2.78. The van der Waals surface area contributed by atoms with E-state index in [0.717, 1.165) is 23.1 Å². The van der Waals surface area contributed by atoms with Crippen molar-refractivity contribution >= 4 is 16.7 Å². The van der Waals surface area contributed by atoms with Gasteiger partial charge in [0, 0.05) is 6.54 Å². The number of pyridine rings is 1. The lowest BCUT2D eigenvalue weighted by atomic mass is 10.1. The van der Waals surface area contributed by atoms with E-state index in [1.165, 1.54) is 6.07 Å². The molecule has 20 heavy (non-hydrogen) atoms. The average molecular weight is 281 g/mol. The average Bonchev–Trinajstić information content (AvgIpc) is 2.39. The number of nitrogens with zero attached hydrogens (tertiary/aromatic N) is 1. The Labute approximate surface area is 113 Å². The van der Waals surface area contributed by atoms with E-state index < -0.39 is 23.2 Å². The largest absolute Gasteiger partial charge is 0.477 e. The molecule has 1 aromatic heterocycles. The number of aromatic nitrogens is 1. The van der Waals surface area contributed by atoms with Crippen LogP contribution in [0.3, 0.4) is 0 Å². The molecule has 0 saturated carbocycles. The molecule has 1 aromatic carbocycles. The van der Waals surface area contributed by atoms with E-state index >= 15 is 0 Å². The van der Waals surface area contributed by atoms with Crippen LogP contribution in [-0.2, 0) is 6.54 Å². The molecule has 0 unspecified atom stereocenters. The molecule has 4 nitrogen and oxygen atoms in total. The van der Waals surface area contributed by atoms with Crippen LogP contribution in [0.1, 0.15) is 30.3 Å². The van der Waals surface area contributed by atoms with Crippen LogP contribution >= 0.6 is 0 Å². The highest BCUT2D eigenvalue weighted by Crippen LogP contribution is 2.17. The highest BCUT2D eigenvalue weighted by atomic mass is 19.2. The number of hydrogen-bond acceptors (Lipinski definition) is 2. The van der Waals surface area contributed by atoms with Gasteiger partial charge in [0.2, 0.25) is 0 Å². The van der Waals surface area contributed by atoms with Gasteiger partial charge in [-0.05, 0) is 30.0 Å². The summed E-state index contributed by atoms with van der Waals surface area (Å²) in [6, 6.07) is 2.83. The molecular weight excluding hydrogens is 268 g/mol. The van der Waals surface area contributed by atoms with Crippen LogP contribution in [-0.4, -0.2) is 15.6 Å². The molecule has 0 aliphatic heterocycles. The minimum atomic E-state index is -1.27. The molecule has 2 rings (SSSR count). The molecule has 0 radical (unpaired) electrons. The topological polar surface area (TPSA) is 59.3 Å². The van der Waals surface area contributed by atoms with Gasteiger partial charge in [0.1, 0.15) is 5.69 Å². The number of unbranched alkanes of at least 4 members (excludes halogenated alkanes) is 1. The maximum atomic E-state index is 13.2. The lowest BCUT2D eigenvalue weighted by Gasteiger charge is -2.11. The quantitative estimate of drug-likeness (QED) is 0.937. The second kappa shape index (κ2) is 5.40. The van der Waals surface area contributed by atoms with Crippen molar-refractivity contribution in [1.82, 2.24) is 4.57 Å². The molecule has 106 valence electrons. The summed E-state index contributed by atoms with van der Waals surface area (Å²) in [6.45, 7) is 2.13. The molecule has 0 saturated heterocycles. The highest BCUT2D eigenvalue weighted by Gasteiger charge is 2.16. The number of hydrogen-bond donors (Lipinski definition) is 1. The van der Waals surface area contributed by atoms with Crippen molar-refractivity contribution < 1.29 is 18.7 Å². The Morgan fingerprint density at radius 3 is 2.50 bits per heavy atom. The number of benzene rings is 1. The van der Waals surface area contributed by atoms with Gasteiger partial charge in [-0.15, -0.1) is 0 Å². The SMILES string of the molecule is CCCCn1c(C(=O)O)cc2cc(F)c(F)cc2c1=O. The zero-order valence-corrected chi connectivity index (χ0v) is 10.8. The van der Waals surface area contributed by atoms with Crippen molar-refractivity contribution in [3.8, 4) is 0 Å². The summed E-state index contributed by atoms with van der Waals surface area (Å²) in [5, 5.41) is 9.20. The van der Waals surface area contributed by atoms with Gasteiger partial charge in [0.05, 0.1) is 5.39 Å². The zero-order chi connectivity index (χ0) is 14.9. The van der Waals surface area contributed by atoms with E-state index in [-0.39, 0.29) is 23.0 Å². The molecule has 0 aliphatic rings. The van der Waals surface area contributed by atoms with Crippen molar-refractivity contribution in [3.05, 3.63) is 45.9 Å². The summed E-state index contributed by atoms with van der Waals surface area (Å²) in [4.78, 5) is 23.4. The second-order valence-corrected chi connectivity index (χ2v) is 4.50. The highest BCUT2D eigenvalue weighted by molar-refractivity contribution is 5.92. The molecule has 1 heterocycles. The fourth-order valence-electron chi connectivity index (χ4n) is 2.06. The molecule has 0 aliphatic carbocycles. The molecule has 0 amide bonds. The van der Waals surface area contributed by atoms with Gasteiger partial charge in [-0.3, -0.25) is 4.79 Å². The number of carboxylic acids is 1. The van der Waals surface area contributed by atoms with Crippen LogP contribution in [0.5, 0.6) is 0 Å². The minimum absolute atomic E-state index is 0.0231. The Kier molecular flexibility index (Phi) is 3.83. The van der Waals surface area contributed by atoms with E-state index in [1.807, 2.05) is 6.92 Å². The Morgan fingerprint density at radius 1 is 1.25 bits per heavy atom. The monoisotopic (exact) mass is 281 g/mol. The summed E-state index contributed by atoms with van der Waals surface area (Å²) < 4.78 is 27.5. The van der Waals surface area contributed by atoms with Crippen molar-refractivity contribution in [2.24, 2.45) is 0 Å². The smallest absolute Gasteiger partial charge is 0.352 e. The van der Waals surface area contributed by atoms with Crippen molar-refractivity contribution in [1.29, 1.82) is 0 Å². The first-order chi connectivity index (χ1) is 9.45. The van der Waals surface area contributed by atoms with Crippen LogP contribution in [0.2, 0.25) is 0 Å². The summed E-state index contributed by atoms with van der Waals surface area (Å²) in [6.07, 6.45) is 1.40. The normalized spacial score (nSPS) is 10.9. The zero-order valence-electron chi connectivity index (χ0n) is 10.8. The van der Waals surface area contributed by atoms with E-state index in [2.05, 4.69) is 0 Å². The first-order valence-electron chi connectivity index (χ1n) is 6.21. The van der Waals surface area contributed by atoms with Crippen molar-refractivity contribution in [2.75, 3.05) is 0 Å². The van der Waals surface area contributed by atoms with Gasteiger partial charge in [-0.25, -0.2) is 13.6 Å². The van der Waals surface area contributed by atoms with Crippen LogP contribution < -0.4 is 5.56 Å². The minimum Gasteiger partial charge on any atom is -0.477 e. The summed E-state index contributed by atoms with van der Waals surface area (Å²) >= 11 is 0. The van der Waals surface area contributed by atoms with Crippen LogP contribution in [0, 0.1) is 11.6 Å². The molecule has 0 spiro atoms. The predicted molar refractivity (Wildman–Crippen MR) is 70.0 cm³/mol. The number of rotatable bonds is 4. The van der Waals surface area contributed by atoms with Gasteiger partial charge < -0.3 is 9.67 Å². The van der Waals surface area contributed by atoms with Gasteiger partial charge >= 0.3 is 5.97 Å². The number of fused-ring (bicyclic) bond motifs is 1. The maximum Gasteiger partial charge on any atom is 0.352 e. The Bertz CT molecular complexity index is 737. The maximum absolute atomic E-state index is 13.2. The molecule has 0 atom stereocenters. The summed E-state index contributed by atoms with van der Waals surface area (Å²) in [7, 11) is 0. The number of carboxylic acid groups (broad SMARTS) is 1. The van der Waals surface area contributed by atoms with Crippen molar-refractivity contribution in [3.63, 3.8) is 0 Å². The summed E-state index contributed by atoms with van der Waals surface area (Å²) in [5.74, 6) is -3.51. The molecular formula is C14H13F2NO3. The first-order valence-corrected chi connectivity index (χ1v) is 6.21. The Hall–Kier alpha value is -2.24. The lowest BCUT2D eigenvalue weighted by molar-refractivity contribution is 0.0683. The van der Waals surface area contributed by atoms with Gasteiger partial charge in [0.15, 0.2) is 11.6 Å². The molecule has 0 bridgehead atoms. The summed E-state index contributed by atoms with van der Waals surface area (Å²) in [5.41, 5.74) is -0.839. The van der Waals surface area contributed by atoms with Gasteiger partial charge in [0.25, 0.3) is 5.56 Å². The van der Waals surface area contributed by atoms with Gasteiger partial charge in [-0.2, -0.15) is 0 Å². The lowest BCUT2D eigenvalue weighted by Crippen LogP contribution is -2.26. The van der Waals surface area contributed by atoms with E-state index in [1.54, 1.807) is 0 Å². The molecule has 1 N–H and O–H groups in total. The van der Waals surface area contributed by atoms with E-state index in [9.17, 15) is 18.4 Å². The first kappa shape index (κ1) is 14.2. The molecule has 0 fully saturated rings. The molecule has 6 heteroatoms. The third-order valence-corrected chi connectivity index (χ3v) is 3.11. The Balaban J connectivity index is 2.79. The Morgan fingerprint density at radius 2 is 1.90 bits per heavy atom. The van der Waals surface area contributed by atoms with Crippen LogP contribution in [0.25, 0.3) is 10.8 Å². The van der Waals surface area contributed by atoms with E-state index in [4.69, 9.17) is 5.11 Å². The van der Waals surface area contributed by atoms with E-state index in [0.29, 0.717) is 6.42 Å². The fraction of sp³-hybridized carbons (Fsp3) is 0.286. The molecule has 2 aromatic rings. The third kappa shape index (κ3) is 2.41. The van der Waals surface area contributed by atoms with Crippen molar-refractivity contribution in [2.45, 2.75) is 26.3 Å². The van der Waals surface area contributed by atoms with Crippen LogP contribution in [0.15, 0.2) is 23.0 Å². The van der Waals surface area contributed by atoms with Crippen LogP contribution in [0.4, 0.5) is 8.78 Å².